The minimum absolute atomic E-state index is 0.324. The number of hydrogen-bond acceptors (Lipinski definition) is 3. The number of aliphatic carboxylic acids is 2. The van der Waals surface area contributed by atoms with Crippen LogP contribution >= 0.6 is 0 Å². The van der Waals surface area contributed by atoms with E-state index in [4.69, 9.17) is 10.2 Å². The van der Waals surface area contributed by atoms with Gasteiger partial charge < -0.3 is 15.3 Å². The highest BCUT2D eigenvalue weighted by Crippen LogP contribution is 2.41. The Balaban J connectivity index is 0.000000156. The Morgan fingerprint density at radius 2 is 1.18 bits per heavy atom. The van der Waals surface area contributed by atoms with Crippen molar-refractivity contribution in [3.63, 3.8) is 0 Å². The largest absolute Gasteiger partial charge is 0.507 e. The first-order valence-electron chi connectivity index (χ1n) is 14.2. The molecule has 0 saturated carbocycles. The molecule has 214 valence electrons. The van der Waals surface area contributed by atoms with Gasteiger partial charge in [0.2, 0.25) is 0 Å². The maximum atomic E-state index is 10.9. The van der Waals surface area contributed by atoms with Gasteiger partial charge in [-0.1, -0.05) is 109 Å². The van der Waals surface area contributed by atoms with E-state index in [1.165, 1.54) is 23.1 Å². The van der Waals surface area contributed by atoms with Gasteiger partial charge in [0.05, 0.1) is 0 Å². The molecule has 0 amide bonds. The van der Waals surface area contributed by atoms with Crippen LogP contribution in [0.15, 0.2) is 127 Å². The van der Waals surface area contributed by atoms with Crippen LogP contribution < -0.4 is 0 Å². The number of hydrogen-bond donors (Lipinski definition) is 3. The monoisotopic (exact) mass is 576 g/mol. The molecule has 0 atom stereocenters. The third-order valence-corrected chi connectivity index (χ3v) is 7.83. The van der Waals surface area contributed by atoms with Crippen molar-refractivity contribution in [2.75, 3.05) is 0 Å². The molecule has 1 aliphatic rings. The zero-order valence-corrected chi connectivity index (χ0v) is 23.6. The van der Waals surface area contributed by atoms with Gasteiger partial charge in [0.15, 0.2) is 0 Å². The molecule has 5 nitrogen and oxygen atoms in total. The van der Waals surface area contributed by atoms with E-state index in [2.05, 4.69) is 36.4 Å². The number of phenols is 1. The summed E-state index contributed by atoms with van der Waals surface area (Å²) in [6.45, 7) is 0. The fraction of sp³-hybridized carbons (Fsp3) is 0.0256. The summed E-state index contributed by atoms with van der Waals surface area (Å²) in [4.78, 5) is 21.6. The topological polar surface area (TPSA) is 94.8 Å². The minimum atomic E-state index is -1.04. The summed E-state index contributed by atoms with van der Waals surface area (Å²) >= 11 is 0. The molecule has 1 aliphatic carbocycles. The Morgan fingerprint density at radius 1 is 0.568 bits per heavy atom. The number of carbonyl (C=O) groups is 2. The van der Waals surface area contributed by atoms with Gasteiger partial charge in [-0.3, -0.25) is 0 Å². The van der Waals surface area contributed by atoms with Crippen LogP contribution in [0.4, 0.5) is 0 Å². The maximum Gasteiger partial charge on any atom is 0.328 e. The lowest BCUT2D eigenvalue weighted by atomic mass is 9.93. The standard InChI is InChI=1S/C20H14O.C19H14O4/c21-19-13-12-15-7-2-4-10-17(15)20(19)18-11-5-8-14-6-1-3-9-16(14)18;20-18(21)9-6-12-5-7-16-14-4-2-1-3-13(14)11-17(16)15(12)8-10-19(22)23/h1-13,21H;1-10H,11H2,(H,20,21)(H,22,23). The number of phenolic OH excluding ortho intramolecular Hbond substituents is 1. The van der Waals surface area contributed by atoms with Crippen molar-refractivity contribution >= 4 is 45.6 Å². The summed E-state index contributed by atoms with van der Waals surface area (Å²) in [6.07, 6.45) is 5.87. The van der Waals surface area contributed by atoms with Gasteiger partial charge in [0.25, 0.3) is 0 Å². The van der Waals surface area contributed by atoms with E-state index >= 15 is 0 Å². The van der Waals surface area contributed by atoms with E-state index in [1.807, 2.05) is 72.8 Å². The van der Waals surface area contributed by atoms with E-state index in [-0.39, 0.29) is 0 Å². The number of fused-ring (bicyclic) bond motifs is 5. The Kier molecular flexibility index (Phi) is 7.76. The summed E-state index contributed by atoms with van der Waals surface area (Å²) in [6, 6.07) is 38.2. The summed E-state index contributed by atoms with van der Waals surface area (Å²) in [5, 5.41) is 32.7. The molecule has 7 rings (SSSR count). The van der Waals surface area contributed by atoms with Crippen molar-refractivity contribution in [3.05, 3.63) is 150 Å². The van der Waals surface area contributed by atoms with Crippen molar-refractivity contribution in [2.45, 2.75) is 6.42 Å². The fourth-order valence-electron chi connectivity index (χ4n) is 5.90. The molecule has 0 aromatic heterocycles. The van der Waals surface area contributed by atoms with Crippen molar-refractivity contribution in [1.82, 2.24) is 0 Å². The van der Waals surface area contributed by atoms with Crippen LogP contribution in [0.1, 0.15) is 22.3 Å². The Hall–Kier alpha value is -5.94. The zero-order valence-electron chi connectivity index (χ0n) is 23.6. The summed E-state index contributed by atoms with van der Waals surface area (Å²) in [5.74, 6) is -1.75. The minimum Gasteiger partial charge on any atom is -0.507 e. The van der Waals surface area contributed by atoms with Crippen molar-refractivity contribution in [1.29, 1.82) is 0 Å². The molecule has 0 radical (unpaired) electrons. The van der Waals surface area contributed by atoms with E-state index in [1.54, 1.807) is 6.07 Å². The first-order chi connectivity index (χ1) is 21.4. The average molecular weight is 577 g/mol. The van der Waals surface area contributed by atoms with E-state index < -0.39 is 11.9 Å². The van der Waals surface area contributed by atoms with Gasteiger partial charge >= 0.3 is 11.9 Å². The predicted octanol–water partition coefficient (Wildman–Crippen LogP) is 8.82. The van der Waals surface area contributed by atoms with Crippen LogP contribution in [0.3, 0.4) is 0 Å². The third kappa shape index (κ3) is 5.59. The highest BCUT2D eigenvalue weighted by Gasteiger charge is 2.21. The van der Waals surface area contributed by atoms with E-state index in [0.29, 0.717) is 17.7 Å². The van der Waals surface area contributed by atoms with Crippen LogP contribution in [0.25, 0.3) is 56.0 Å². The van der Waals surface area contributed by atoms with Crippen LogP contribution in [-0.2, 0) is 16.0 Å². The van der Waals surface area contributed by atoms with Gasteiger partial charge in [-0.15, -0.1) is 0 Å². The normalized spacial score (nSPS) is 11.8. The van der Waals surface area contributed by atoms with Crippen molar-refractivity contribution < 1.29 is 24.9 Å². The number of carboxylic acid groups (broad SMARTS) is 2. The number of carboxylic acids is 2. The average Bonchev–Trinajstić information content (AvgIpc) is 3.42. The third-order valence-electron chi connectivity index (χ3n) is 7.83. The molecule has 0 fully saturated rings. The van der Waals surface area contributed by atoms with Gasteiger partial charge in [-0.25, -0.2) is 9.59 Å². The second-order valence-electron chi connectivity index (χ2n) is 10.5. The van der Waals surface area contributed by atoms with Crippen LogP contribution in [-0.4, -0.2) is 27.3 Å². The molecule has 44 heavy (non-hydrogen) atoms. The fourth-order valence-corrected chi connectivity index (χ4v) is 5.90. The van der Waals surface area contributed by atoms with Crippen LogP contribution in [0.5, 0.6) is 5.75 Å². The molecule has 0 saturated heterocycles. The van der Waals surface area contributed by atoms with Gasteiger partial charge in [-0.2, -0.15) is 0 Å². The molecular formula is C39H28O5. The van der Waals surface area contributed by atoms with Crippen LogP contribution in [0, 0.1) is 0 Å². The summed E-state index contributed by atoms with van der Waals surface area (Å²) in [5.41, 5.74) is 7.84. The second-order valence-corrected chi connectivity index (χ2v) is 10.5. The highest BCUT2D eigenvalue weighted by atomic mass is 16.4. The van der Waals surface area contributed by atoms with E-state index in [9.17, 15) is 14.7 Å². The van der Waals surface area contributed by atoms with Gasteiger partial charge in [0.1, 0.15) is 5.75 Å². The highest BCUT2D eigenvalue weighted by molar-refractivity contribution is 6.07. The predicted molar refractivity (Wildman–Crippen MR) is 177 cm³/mol. The first-order valence-corrected chi connectivity index (χ1v) is 14.2. The SMILES string of the molecule is O=C(O)C=Cc1ccc2c(c1C=CC(=O)O)Cc1ccccc1-2.Oc1ccc2ccccc2c1-c1cccc2ccccc12. The van der Waals surface area contributed by atoms with Gasteiger partial charge in [0, 0.05) is 17.7 Å². The number of aromatic hydroxyl groups is 1. The van der Waals surface area contributed by atoms with Crippen LogP contribution in [0.2, 0.25) is 0 Å². The van der Waals surface area contributed by atoms with Crippen molar-refractivity contribution in [3.8, 4) is 28.0 Å². The van der Waals surface area contributed by atoms with E-state index in [0.717, 1.165) is 61.7 Å². The Bertz CT molecular complexity index is 2110. The zero-order chi connectivity index (χ0) is 30.6. The Morgan fingerprint density at radius 3 is 1.95 bits per heavy atom. The molecule has 6 aromatic rings. The molecule has 5 heteroatoms. The lowest BCUT2D eigenvalue weighted by Gasteiger charge is -2.12. The molecule has 0 heterocycles. The molecule has 3 N–H and O–H groups in total. The number of benzene rings is 6. The smallest absolute Gasteiger partial charge is 0.328 e. The second kappa shape index (κ2) is 12.1. The molecule has 0 spiro atoms. The quantitative estimate of drug-likeness (QED) is 0.178. The molecule has 0 bridgehead atoms. The molecule has 0 unspecified atom stereocenters. The molecular weight excluding hydrogens is 548 g/mol. The first kappa shape index (κ1) is 28.2. The maximum absolute atomic E-state index is 10.9. The molecule has 6 aromatic carbocycles. The molecule has 0 aliphatic heterocycles. The lowest BCUT2D eigenvalue weighted by Crippen LogP contribution is -1.94. The van der Waals surface area contributed by atoms with Crippen molar-refractivity contribution in [2.24, 2.45) is 0 Å². The van der Waals surface area contributed by atoms with Gasteiger partial charge in [-0.05, 0) is 85.1 Å². The summed E-state index contributed by atoms with van der Waals surface area (Å²) < 4.78 is 0. The Labute approximate surface area is 254 Å². The lowest BCUT2D eigenvalue weighted by molar-refractivity contribution is -0.132. The summed E-state index contributed by atoms with van der Waals surface area (Å²) in [7, 11) is 0. The number of rotatable bonds is 5.